The molecule has 0 unspecified atom stereocenters. The molecule has 0 saturated carbocycles. The zero-order valence-corrected chi connectivity index (χ0v) is 13.5. The molecule has 0 aliphatic carbocycles. The Morgan fingerprint density at radius 2 is 1.86 bits per heavy atom. The summed E-state index contributed by atoms with van der Waals surface area (Å²) in [5.41, 5.74) is 6.14. The van der Waals surface area contributed by atoms with Crippen LogP contribution in [0.5, 0.6) is 0 Å². The molecule has 22 heavy (non-hydrogen) atoms. The normalized spacial score (nSPS) is 13.9. The number of carbonyl (C=O) groups is 1. The molecular weight excluding hydrogens is 272 g/mol. The van der Waals surface area contributed by atoms with Gasteiger partial charge in [0.15, 0.2) is 5.78 Å². The summed E-state index contributed by atoms with van der Waals surface area (Å²) in [4.78, 5) is 14.4. The quantitative estimate of drug-likeness (QED) is 0.791. The van der Waals surface area contributed by atoms with E-state index in [9.17, 15) is 4.79 Å². The Labute approximate surface area is 131 Å². The Morgan fingerprint density at radius 3 is 2.36 bits per heavy atom. The maximum Gasteiger partial charge on any atom is 0.162 e. The number of nitrogens with zero attached hydrogens (tertiary/aromatic N) is 2. The molecule has 0 spiro atoms. The first-order chi connectivity index (χ1) is 10.5. The Bertz CT molecular complexity index is 751. The number of benzene rings is 1. The van der Waals surface area contributed by atoms with Crippen LogP contribution >= 0.6 is 0 Å². The predicted molar refractivity (Wildman–Crippen MR) is 92.2 cm³/mol. The number of hydrogen-bond donors (Lipinski definition) is 0. The van der Waals surface area contributed by atoms with Crippen molar-refractivity contribution < 1.29 is 4.79 Å². The number of hydrogen-bond acceptors (Lipinski definition) is 2. The highest BCUT2D eigenvalue weighted by Crippen LogP contribution is 2.30. The second-order valence-corrected chi connectivity index (χ2v) is 5.92. The average molecular weight is 294 g/mol. The van der Waals surface area contributed by atoms with Gasteiger partial charge in [-0.1, -0.05) is 18.7 Å². The lowest BCUT2D eigenvalue weighted by Gasteiger charge is -2.33. The van der Waals surface area contributed by atoms with Gasteiger partial charge in [0.05, 0.1) is 0 Å². The fourth-order valence-electron chi connectivity index (χ4n) is 3.34. The van der Waals surface area contributed by atoms with Crippen LogP contribution in [0.25, 0.3) is 11.8 Å². The summed E-state index contributed by atoms with van der Waals surface area (Å²) in [5, 5.41) is 0. The Kier molecular flexibility index (Phi) is 3.65. The van der Waals surface area contributed by atoms with Crippen LogP contribution in [-0.4, -0.2) is 23.4 Å². The van der Waals surface area contributed by atoms with Gasteiger partial charge in [-0.3, -0.25) is 4.79 Å². The van der Waals surface area contributed by atoms with E-state index >= 15 is 0 Å². The van der Waals surface area contributed by atoms with Gasteiger partial charge in [0.1, 0.15) is 0 Å². The van der Waals surface area contributed by atoms with E-state index in [-0.39, 0.29) is 5.78 Å². The zero-order valence-electron chi connectivity index (χ0n) is 13.5. The molecular formula is C19H22N2O. The van der Waals surface area contributed by atoms with Crippen molar-refractivity contribution in [3.63, 3.8) is 0 Å². The van der Waals surface area contributed by atoms with E-state index in [1.54, 1.807) is 13.0 Å². The van der Waals surface area contributed by atoms with E-state index in [2.05, 4.69) is 40.3 Å². The third kappa shape index (κ3) is 2.17. The lowest BCUT2D eigenvalue weighted by molar-refractivity contribution is 0.101. The van der Waals surface area contributed by atoms with Gasteiger partial charge in [0, 0.05) is 47.0 Å². The van der Waals surface area contributed by atoms with Crippen LogP contribution in [0.1, 0.15) is 40.7 Å². The molecule has 0 atom stereocenters. The van der Waals surface area contributed by atoms with E-state index < -0.39 is 0 Å². The molecule has 0 radical (unpaired) electrons. The highest BCUT2D eigenvalue weighted by atomic mass is 16.1. The second kappa shape index (κ2) is 5.48. The molecule has 0 bridgehead atoms. The van der Waals surface area contributed by atoms with Gasteiger partial charge >= 0.3 is 0 Å². The first-order valence-corrected chi connectivity index (χ1v) is 7.75. The molecule has 0 N–H and O–H groups in total. The lowest BCUT2D eigenvalue weighted by atomic mass is 10.1. The molecule has 3 nitrogen and oxygen atoms in total. The number of aromatic nitrogens is 1. The fraction of sp³-hybridized carbons (Fsp3) is 0.316. The minimum Gasteiger partial charge on any atom is -0.371 e. The molecule has 0 amide bonds. The minimum atomic E-state index is 0.0909. The van der Waals surface area contributed by atoms with E-state index in [1.807, 2.05) is 13.8 Å². The molecule has 1 aromatic carbocycles. The summed E-state index contributed by atoms with van der Waals surface area (Å²) in [7, 11) is 0. The smallest absolute Gasteiger partial charge is 0.162 e. The SMILES string of the molecule is C=Cc1c(C(C)=O)c(C)n(-c2cccc(N3CCC3)c2)c1C. The predicted octanol–water partition coefficient (Wildman–Crippen LogP) is 4.15. The van der Waals surface area contributed by atoms with Crippen molar-refractivity contribution in [2.75, 3.05) is 18.0 Å². The van der Waals surface area contributed by atoms with Crippen molar-refractivity contribution in [3.8, 4) is 5.69 Å². The van der Waals surface area contributed by atoms with Gasteiger partial charge in [0.25, 0.3) is 0 Å². The number of rotatable bonds is 4. The fourth-order valence-corrected chi connectivity index (χ4v) is 3.34. The van der Waals surface area contributed by atoms with Gasteiger partial charge in [-0.15, -0.1) is 0 Å². The summed E-state index contributed by atoms with van der Waals surface area (Å²) in [6.45, 7) is 11.8. The summed E-state index contributed by atoms with van der Waals surface area (Å²) < 4.78 is 2.16. The molecule has 1 fully saturated rings. The van der Waals surface area contributed by atoms with E-state index in [0.29, 0.717) is 0 Å². The van der Waals surface area contributed by atoms with Crippen LogP contribution in [-0.2, 0) is 0 Å². The maximum atomic E-state index is 12.0. The van der Waals surface area contributed by atoms with Gasteiger partial charge in [-0.25, -0.2) is 0 Å². The molecule has 1 saturated heterocycles. The minimum absolute atomic E-state index is 0.0909. The van der Waals surface area contributed by atoms with Crippen LogP contribution < -0.4 is 4.90 Å². The third-order valence-electron chi connectivity index (χ3n) is 4.56. The van der Waals surface area contributed by atoms with Crippen molar-refractivity contribution in [2.45, 2.75) is 27.2 Å². The first kappa shape index (κ1) is 14.6. The summed E-state index contributed by atoms with van der Waals surface area (Å²) in [5.74, 6) is 0.0909. The standard InChI is InChI=1S/C19H22N2O/c1-5-18-13(2)21(14(3)19(18)15(4)22)17-9-6-8-16(12-17)20-10-7-11-20/h5-6,8-9,12H,1,7,10-11H2,2-4H3. The number of Topliss-reactive ketones (excluding diaryl/α,β-unsaturated/α-hetero) is 1. The molecule has 1 aliphatic heterocycles. The van der Waals surface area contributed by atoms with Crippen LogP contribution in [0.3, 0.4) is 0 Å². The Morgan fingerprint density at radius 1 is 1.18 bits per heavy atom. The largest absolute Gasteiger partial charge is 0.371 e. The van der Waals surface area contributed by atoms with Crippen molar-refractivity contribution in [2.24, 2.45) is 0 Å². The van der Waals surface area contributed by atoms with Crippen LogP contribution in [0.15, 0.2) is 30.8 Å². The third-order valence-corrected chi connectivity index (χ3v) is 4.56. The molecule has 3 heteroatoms. The topological polar surface area (TPSA) is 25.2 Å². The highest BCUT2D eigenvalue weighted by Gasteiger charge is 2.20. The van der Waals surface area contributed by atoms with E-state index in [0.717, 1.165) is 41.3 Å². The van der Waals surface area contributed by atoms with Crippen molar-refractivity contribution >= 4 is 17.5 Å². The Hall–Kier alpha value is -2.29. The number of ketones is 1. The molecule has 3 rings (SSSR count). The van der Waals surface area contributed by atoms with Gasteiger partial charge in [-0.2, -0.15) is 0 Å². The summed E-state index contributed by atoms with van der Waals surface area (Å²) in [6, 6.07) is 8.54. The summed E-state index contributed by atoms with van der Waals surface area (Å²) in [6.07, 6.45) is 3.05. The Balaban J connectivity index is 2.16. The van der Waals surface area contributed by atoms with Crippen LogP contribution in [0.2, 0.25) is 0 Å². The molecule has 114 valence electrons. The number of carbonyl (C=O) groups excluding carboxylic acids is 1. The molecule has 2 heterocycles. The van der Waals surface area contributed by atoms with E-state index in [4.69, 9.17) is 0 Å². The highest BCUT2D eigenvalue weighted by molar-refractivity contribution is 5.99. The van der Waals surface area contributed by atoms with Crippen LogP contribution in [0.4, 0.5) is 5.69 Å². The van der Waals surface area contributed by atoms with Crippen LogP contribution in [0, 0.1) is 13.8 Å². The lowest BCUT2D eigenvalue weighted by Crippen LogP contribution is -2.36. The molecule has 1 aromatic heterocycles. The zero-order chi connectivity index (χ0) is 15.9. The second-order valence-electron chi connectivity index (χ2n) is 5.92. The first-order valence-electron chi connectivity index (χ1n) is 7.75. The van der Waals surface area contributed by atoms with E-state index in [1.165, 1.54) is 12.1 Å². The van der Waals surface area contributed by atoms with Crippen molar-refractivity contribution in [1.82, 2.24) is 4.57 Å². The summed E-state index contributed by atoms with van der Waals surface area (Å²) >= 11 is 0. The number of anilines is 1. The van der Waals surface area contributed by atoms with Gasteiger partial charge < -0.3 is 9.47 Å². The molecule has 2 aromatic rings. The van der Waals surface area contributed by atoms with Gasteiger partial charge in [-0.05, 0) is 45.4 Å². The molecule has 1 aliphatic rings. The monoisotopic (exact) mass is 294 g/mol. The van der Waals surface area contributed by atoms with Gasteiger partial charge in [0.2, 0.25) is 0 Å². The van der Waals surface area contributed by atoms with Crippen molar-refractivity contribution in [3.05, 3.63) is 53.4 Å². The maximum absolute atomic E-state index is 12.0. The van der Waals surface area contributed by atoms with Crippen molar-refractivity contribution in [1.29, 1.82) is 0 Å². The average Bonchev–Trinajstić information content (AvgIpc) is 2.68.